The summed E-state index contributed by atoms with van der Waals surface area (Å²) in [6.07, 6.45) is 0. The lowest BCUT2D eigenvalue weighted by Crippen LogP contribution is -2.06. The van der Waals surface area contributed by atoms with E-state index in [0.717, 1.165) is 5.56 Å². The van der Waals surface area contributed by atoms with Gasteiger partial charge in [0.25, 0.3) is 0 Å². The zero-order valence-corrected chi connectivity index (χ0v) is 11.6. The average Bonchev–Trinajstić information content (AvgIpc) is 2.92. The van der Waals surface area contributed by atoms with Gasteiger partial charge in [-0.1, -0.05) is 29.8 Å². The van der Waals surface area contributed by atoms with Crippen LogP contribution in [-0.2, 0) is 6.54 Å². The number of tetrazole rings is 1. The van der Waals surface area contributed by atoms with Crippen LogP contribution in [0.15, 0.2) is 42.5 Å². The Bertz CT molecular complexity index is 787. The van der Waals surface area contributed by atoms with Crippen molar-refractivity contribution in [1.29, 1.82) is 0 Å². The summed E-state index contributed by atoms with van der Waals surface area (Å²) in [5, 5.41) is 12.0. The smallest absolute Gasteiger partial charge is 0.185 e. The molecule has 0 atom stereocenters. The molecule has 0 radical (unpaired) electrons. The van der Waals surface area contributed by atoms with Gasteiger partial charge in [-0.2, -0.15) is 0 Å². The van der Waals surface area contributed by atoms with Crippen LogP contribution in [0.4, 0.5) is 10.1 Å². The third-order valence-corrected chi connectivity index (χ3v) is 3.41. The fraction of sp³-hybridized carbons (Fsp3) is 0.0714. The molecule has 106 valence electrons. The van der Waals surface area contributed by atoms with Gasteiger partial charge in [-0.05, 0) is 40.3 Å². The molecule has 2 N–H and O–H groups in total. The monoisotopic (exact) mass is 303 g/mol. The molecule has 21 heavy (non-hydrogen) atoms. The summed E-state index contributed by atoms with van der Waals surface area (Å²) < 4.78 is 15.4. The first-order valence-electron chi connectivity index (χ1n) is 6.20. The van der Waals surface area contributed by atoms with E-state index in [2.05, 4.69) is 15.5 Å². The van der Waals surface area contributed by atoms with Crippen LogP contribution in [0.25, 0.3) is 11.4 Å². The largest absolute Gasteiger partial charge is 0.399 e. The van der Waals surface area contributed by atoms with Gasteiger partial charge < -0.3 is 5.73 Å². The van der Waals surface area contributed by atoms with E-state index in [1.54, 1.807) is 6.07 Å². The van der Waals surface area contributed by atoms with E-state index in [-0.39, 0.29) is 5.56 Å². The van der Waals surface area contributed by atoms with Crippen LogP contribution in [0.1, 0.15) is 5.56 Å². The molecule has 7 heteroatoms. The average molecular weight is 304 g/mol. The van der Waals surface area contributed by atoms with E-state index in [9.17, 15) is 4.39 Å². The van der Waals surface area contributed by atoms with E-state index in [1.165, 1.54) is 22.9 Å². The van der Waals surface area contributed by atoms with Crippen LogP contribution in [0.5, 0.6) is 0 Å². The standard InChI is InChI=1S/C14H11ClFN5/c15-12-4-2-1-3-9(12)8-21-14(18-19-20-21)11-7-10(17)5-6-13(11)16/h1-7H,8,17H2. The minimum Gasteiger partial charge on any atom is -0.399 e. The molecule has 0 unspecified atom stereocenters. The second kappa shape index (κ2) is 5.49. The first-order chi connectivity index (χ1) is 10.1. The summed E-state index contributed by atoms with van der Waals surface area (Å²) in [5.74, 6) is -0.126. The van der Waals surface area contributed by atoms with Crippen molar-refractivity contribution in [2.24, 2.45) is 0 Å². The Morgan fingerprint density at radius 1 is 1.19 bits per heavy atom. The fourth-order valence-electron chi connectivity index (χ4n) is 2.01. The number of benzene rings is 2. The molecule has 0 aliphatic rings. The summed E-state index contributed by atoms with van der Waals surface area (Å²) in [5.41, 5.74) is 7.24. The number of aromatic nitrogens is 4. The van der Waals surface area contributed by atoms with E-state index >= 15 is 0 Å². The highest BCUT2D eigenvalue weighted by Crippen LogP contribution is 2.24. The molecular formula is C14H11ClFN5. The van der Waals surface area contributed by atoms with Crippen molar-refractivity contribution in [3.05, 3.63) is 58.9 Å². The summed E-state index contributed by atoms with van der Waals surface area (Å²) in [4.78, 5) is 0. The molecule has 5 nitrogen and oxygen atoms in total. The Morgan fingerprint density at radius 2 is 2.00 bits per heavy atom. The highest BCUT2D eigenvalue weighted by atomic mass is 35.5. The van der Waals surface area contributed by atoms with Crippen molar-refractivity contribution < 1.29 is 4.39 Å². The van der Waals surface area contributed by atoms with Crippen LogP contribution in [-0.4, -0.2) is 20.2 Å². The predicted octanol–water partition coefficient (Wildman–Crippen LogP) is 2.76. The molecule has 0 aliphatic carbocycles. The maximum absolute atomic E-state index is 13.9. The number of hydrogen-bond donors (Lipinski definition) is 1. The molecule has 1 heterocycles. The quantitative estimate of drug-likeness (QED) is 0.755. The summed E-state index contributed by atoms with van der Waals surface area (Å²) in [6, 6.07) is 11.6. The predicted molar refractivity (Wildman–Crippen MR) is 78.2 cm³/mol. The second-order valence-electron chi connectivity index (χ2n) is 4.49. The molecule has 0 bridgehead atoms. The van der Waals surface area contributed by atoms with E-state index in [1.807, 2.05) is 18.2 Å². The minimum absolute atomic E-state index is 0.257. The molecular weight excluding hydrogens is 293 g/mol. The number of anilines is 1. The zero-order chi connectivity index (χ0) is 14.8. The molecule has 3 aromatic rings. The Kier molecular flexibility index (Phi) is 3.53. The van der Waals surface area contributed by atoms with Crippen molar-refractivity contribution in [2.75, 3.05) is 5.73 Å². The Balaban J connectivity index is 2.02. The van der Waals surface area contributed by atoms with Gasteiger partial charge in [-0.15, -0.1) is 5.10 Å². The van der Waals surface area contributed by atoms with Gasteiger partial charge in [-0.25, -0.2) is 9.07 Å². The maximum atomic E-state index is 13.9. The summed E-state index contributed by atoms with van der Waals surface area (Å²) >= 11 is 6.12. The highest BCUT2D eigenvalue weighted by molar-refractivity contribution is 6.31. The SMILES string of the molecule is Nc1ccc(F)c(-c2nnnn2Cc2ccccc2Cl)c1. The number of rotatable bonds is 3. The van der Waals surface area contributed by atoms with Crippen LogP contribution in [0, 0.1) is 5.82 Å². The van der Waals surface area contributed by atoms with Gasteiger partial charge in [0.2, 0.25) is 0 Å². The Hall–Kier alpha value is -2.47. The minimum atomic E-state index is -0.431. The normalized spacial score (nSPS) is 10.8. The highest BCUT2D eigenvalue weighted by Gasteiger charge is 2.15. The van der Waals surface area contributed by atoms with Crippen molar-refractivity contribution >= 4 is 17.3 Å². The summed E-state index contributed by atoms with van der Waals surface area (Å²) in [6.45, 7) is 0.343. The van der Waals surface area contributed by atoms with Crippen LogP contribution < -0.4 is 5.73 Å². The van der Waals surface area contributed by atoms with Gasteiger partial charge in [0.15, 0.2) is 5.82 Å². The molecule has 0 spiro atoms. The Labute approximate surface area is 125 Å². The van der Waals surface area contributed by atoms with Crippen molar-refractivity contribution in [3.8, 4) is 11.4 Å². The third kappa shape index (κ3) is 2.71. The molecule has 3 rings (SSSR count). The van der Waals surface area contributed by atoms with Gasteiger partial charge in [-0.3, -0.25) is 0 Å². The van der Waals surface area contributed by atoms with Gasteiger partial charge in [0.1, 0.15) is 5.82 Å². The molecule has 0 aliphatic heterocycles. The lowest BCUT2D eigenvalue weighted by molar-refractivity contribution is 0.621. The number of halogens is 2. The van der Waals surface area contributed by atoms with Crippen LogP contribution in [0.2, 0.25) is 5.02 Å². The van der Waals surface area contributed by atoms with Crippen molar-refractivity contribution in [1.82, 2.24) is 20.2 Å². The Morgan fingerprint density at radius 3 is 2.81 bits per heavy atom. The zero-order valence-electron chi connectivity index (χ0n) is 10.9. The number of hydrogen-bond acceptors (Lipinski definition) is 4. The maximum Gasteiger partial charge on any atom is 0.185 e. The van der Waals surface area contributed by atoms with Crippen LogP contribution >= 0.6 is 11.6 Å². The molecule has 0 fully saturated rings. The molecule has 0 saturated heterocycles. The first-order valence-corrected chi connectivity index (χ1v) is 6.58. The number of nitrogen functional groups attached to an aromatic ring is 1. The van der Waals surface area contributed by atoms with E-state index in [4.69, 9.17) is 17.3 Å². The lowest BCUT2D eigenvalue weighted by Gasteiger charge is -2.07. The second-order valence-corrected chi connectivity index (χ2v) is 4.90. The van der Waals surface area contributed by atoms with Crippen molar-refractivity contribution in [3.63, 3.8) is 0 Å². The van der Waals surface area contributed by atoms with Crippen LogP contribution in [0.3, 0.4) is 0 Å². The van der Waals surface area contributed by atoms with Gasteiger partial charge >= 0.3 is 0 Å². The topological polar surface area (TPSA) is 69.6 Å². The lowest BCUT2D eigenvalue weighted by atomic mass is 10.1. The van der Waals surface area contributed by atoms with E-state index < -0.39 is 5.82 Å². The molecule has 1 aromatic heterocycles. The van der Waals surface area contributed by atoms with Gasteiger partial charge in [0.05, 0.1) is 12.1 Å². The third-order valence-electron chi connectivity index (χ3n) is 3.04. The number of nitrogens with two attached hydrogens (primary N) is 1. The summed E-state index contributed by atoms with van der Waals surface area (Å²) in [7, 11) is 0. The molecule has 0 saturated carbocycles. The molecule has 0 amide bonds. The van der Waals surface area contributed by atoms with E-state index in [0.29, 0.717) is 23.1 Å². The first kappa shape index (κ1) is 13.5. The number of nitrogens with zero attached hydrogens (tertiary/aromatic N) is 4. The van der Waals surface area contributed by atoms with Gasteiger partial charge in [0, 0.05) is 10.7 Å². The van der Waals surface area contributed by atoms with Crippen molar-refractivity contribution in [2.45, 2.75) is 6.54 Å². The fourth-order valence-corrected chi connectivity index (χ4v) is 2.20. The molecule has 2 aromatic carbocycles.